The van der Waals surface area contributed by atoms with Gasteiger partial charge in [-0.05, 0) is 36.4 Å². The SMILES string of the molecule is BrOn1c2ccc(Br)cc2c2cc(Br)ccc21. The molecular formula is C12H6Br3NO. The van der Waals surface area contributed by atoms with E-state index in [-0.39, 0.29) is 0 Å². The summed E-state index contributed by atoms with van der Waals surface area (Å²) >= 11 is 10.0. The van der Waals surface area contributed by atoms with E-state index in [0.29, 0.717) is 0 Å². The van der Waals surface area contributed by atoms with Crippen LogP contribution in [-0.2, 0) is 0 Å². The zero-order chi connectivity index (χ0) is 12.0. The smallest absolute Gasteiger partial charge is 0.213 e. The Bertz CT molecular complexity index is 661. The highest BCUT2D eigenvalue weighted by Gasteiger charge is 2.11. The molecule has 0 fully saturated rings. The first kappa shape index (κ1) is 11.6. The second-order valence-corrected chi connectivity index (χ2v) is 5.81. The minimum absolute atomic E-state index is 1.03. The fourth-order valence-electron chi connectivity index (χ4n) is 2.01. The van der Waals surface area contributed by atoms with E-state index in [9.17, 15) is 0 Å². The average Bonchev–Trinajstić information content (AvgIpc) is 2.62. The van der Waals surface area contributed by atoms with E-state index in [1.165, 1.54) is 0 Å². The summed E-state index contributed by atoms with van der Waals surface area (Å²) in [5.74, 6) is 0. The van der Waals surface area contributed by atoms with Gasteiger partial charge < -0.3 is 3.93 Å². The average molecular weight is 420 g/mol. The lowest BCUT2D eigenvalue weighted by Gasteiger charge is -2.00. The van der Waals surface area contributed by atoms with Crippen molar-refractivity contribution in [1.82, 2.24) is 4.73 Å². The van der Waals surface area contributed by atoms with Crippen molar-refractivity contribution in [3.8, 4) is 0 Å². The van der Waals surface area contributed by atoms with Crippen molar-refractivity contribution in [2.24, 2.45) is 0 Å². The molecule has 1 heterocycles. The molecule has 2 nitrogen and oxygen atoms in total. The lowest BCUT2D eigenvalue weighted by Crippen LogP contribution is -1.98. The third-order valence-electron chi connectivity index (χ3n) is 2.71. The summed E-state index contributed by atoms with van der Waals surface area (Å²) in [6.45, 7) is 0. The molecule has 86 valence electrons. The fourth-order valence-corrected chi connectivity index (χ4v) is 3.04. The molecule has 0 saturated carbocycles. The molecule has 17 heavy (non-hydrogen) atoms. The Labute approximate surface area is 123 Å². The van der Waals surface area contributed by atoms with Gasteiger partial charge in [0.1, 0.15) is 0 Å². The van der Waals surface area contributed by atoms with Crippen molar-refractivity contribution in [1.29, 1.82) is 0 Å². The molecule has 3 aromatic rings. The first-order valence-electron chi connectivity index (χ1n) is 4.89. The Morgan fingerprint density at radius 2 is 1.29 bits per heavy atom. The highest BCUT2D eigenvalue weighted by molar-refractivity contribution is 9.10. The predicted octanol–water partition coefficient (Wildman–Crippen LogP) is 5.06. The highest BCUT2D eigenvalue weighted by Crippen LogP contribution is 2.32. The van der Waals surface area contributed by atoms with Crippen molar-refractivity contribution < 1.29 is 3.93 Å². The number of hydrogen-bond acceptors (Lipinski definition) is 1. The quantitative estimate of drug-likeness (QED) is 0.538. The molecule has 2 aromatic carbocycles. The normalized spacial score (nSPS) is 11.2. The van der Waals surface area contributed by atoms with E-state index in [1.807, 2.05) is 24.3 Å². The molecule has 0 amide bonds. The second-order valence-electron chi connectivity index (χ2n) is 3.69. The van der Waals surface area contributed by atoms with Crippen molar-refractivity contribution >= 4 is 69.9 Å². The van der Waals surface area contributed by atoms with Crippen LogP contribution in [0.3, 0.4) is 0 Å². The molecular weight excluding hydrogens is 414 g/mol. The number of aromatic nitrogens is 1. The van der Waals surface area contributed by atoms with Crippen LogP contribution in [0.1, 0.15) is 0 Å². The van der Waals surface area contributed by atoms with E-state index in [0.717, 1.165) is 30.8 Å². The van der Waals surface area contributed by atoms with Crippen LogP contribution in [0.25, 0.3) is 21.8 Å². The number of benzene rings is 2. The van der Waals surface area contributed by atoms with Crippen molar-refractivity contribution in [3.63, 3.8) is 0 Å². The van der Waals surface area contributed by atoms with Crippen molar-refractivity contribution in [3.05, 3.63) is 45.3 Å². The van der Waals surface area contributed by atoms with E-state index in [1.54, 1.807) is 4.73 Å². The zero-order valence-electron chi connectivity index (χ0n) is 8.45. The minimum Gasteiger partial charge on any atom is -0.333 e. The topological polar surface area (TPSA) is 14.2 Å². The fraction of sp³-hybridized carbons (Fsp3) is 0. The van der Waals surface area contributed by atoms with Crippen LogP contribution in [0.2, 0.25) is 0 Å². The largest absolute Gasteiger partial charge is 0.333 e. The summed E-state index contributed by atoms with van der Waals surface area (Å²) in [5, 5.41) is 2.30. The summed E-state index contributed by atoms with van der Waals surface area (Å²) in [5.41, 5.74) is 2.05. The van der Waals surface area contributed by atoms with E-state index in [4.69, 9.17) is 3.93 Å². The number of fused-ring (bicyclic) bond motifs is 3. The van der Waals surface area contributed by atoms with Gasteiger partial charge >= 0.3 is 0 Å². The molecule has 0 atom stereocenters. The Kier molecular flexibility index (Phi) is 2.92. The number of hydrogen-bond donors (Lipinski definition) is 0. The van der Waals surface area contributed by atoms with Crippen LogP contribution in [-0.4, -0.2) is 4.73 Å². The molecule has 0 unspecified atom stereocenters. The lowest BCUT2D eigenvalue weighted by molar-refractivity contribution is 0.377. The third-order valence-corrected chi connectivity index (χ3v) is 3.99. The molecule has 0 aliphatic carbocycles. The van der Waals surface area contributed by atoms with Gasteiger partial charge in [-0.15, -0.1) is 0 Å². The molecule has 0 aliphatic heterocycles. The maximum atomic E-state index is 5.26. The Morgan fingerprint density at radius 3 is 1.71 bits per heavy atom. The maximum absolute atomic E-state index is 5.26. The van der Waals surface area contributed by atoms with Gasteiger partial charge in [0.15, 0.2) is 0 Å². The van der Waals surface area contributed by atoms with Gasteiger partial charge in [0.25, 0.3) is 0 Å². The summed E-state index contributed by atoms with van der Waals surface area (Å²) in [6.07, 6.45) is 0. The van der Waals surface area contributed by atoms with Gasteiger partial charge in [-0.2, -0.15) is 4.73 Å². The maximum Gasteiger partial charge on any atom is 0.213 e. The van der Waals surface area contributed by atoms with Crippen LogP contribution in [0.5, 0.6) is 0 Å². The Balaban J connectivity index is 2.57. The standard InChI is InChI=1S/C12H6Br3NO/c13-7-1-3-11-9(5-7)10-6-8(14)2-4-12(10)16(11)17-15/h1-6H. The zero-order valence-corrected chi connectivity index (χ0v) is 13.2. The van der Waals surface area contributed by atoms with Gasteiger partial charge in [0.05, 0.1) is 11.0 Å². The first-order valence-corrected chi connectivity index (χ1v) is 7.12. The van der Waals surface area contributed by atoms with Crippen LogP contribution >= 0.6 is 48.1 Å². The van der Waals surface area contributed by atoms with Gasteiger partial charge in [0, 0.05) is 19.7 Å². The van der Waals surface area contributed by atoms with E-state index >= 15 is 0 Å². The number of rotatable bonds is 1. The van der Waals surface area contributed by atoms with E-state index < -0.39 is 0 Å². The molecule has 0 saturated heterocycles. The van der Waals surface area contributed by atoms with Crippen molar-refractivity contribution in [2.75, 3.05) is 0 Å². The second kappa shape index (κ2) is 4.30. The molecule has 0 aliphatic rings. The van der Waals surface area contributed by atoms with Crippen LogP contribution in [0, 0.1) is 0 Å². The minimum atomic E-state index is 1.03. The van der Waals surface area contributed by atoms with Gasteiger partial charge in [-0.1, -0.05) is 31.9 Å². The summed E-state index contributed by atoms with van der Waals surface area (Å²) in [6, 6.07) is 12.2. The molecule has 0 bridgehead atoms. The summed E-state index contributed by atoms with van der Waals surface area (Å²) in [7, 11) is 0. The summed E-state index contributed by atoms with van der Waals surface area (Å²) < 4.78 is 9.13. The monoisotopic (exact) mass is 417 g/mol. The van der Waals surface area contributed by atoms with Crippen LogP contribution < -0.4 is 3.93 Å². The molecule has 0 radical (unpaired) electrons. The third kappa shape index (κ3) is 1.80. The molecule has 5 heteroatoms. The first-order chi connectivity index (χ1) is 8.20. The Hall–Kier alpha value is -0.520. The Morgan fingerprint density at radius 1 is 0.824 bits per heavy atom. The number of nitrogens with zero attached hydrogens (tertiary/aromatic N) is 1. The van der Waals surface area contributed by atoms with E-state index in [2.05, 4.69) is 60.3 Å². The van der Waals surface area contributed by atoms with Crippen LogP contribution in [0.4, 0.5) is 0 Å². The van der Waals surface area contributed by atoms with Gasteiger partial charge in [-0.25, -0.2) is 0 Å². The lowest BCUT2D eigenvalue weighted by atomic mass is 10.2. The summed E-state index contributed by atoms with van der Waals surface area (Å²) in [4.78, 5) is 0. The molecule has 0 spiro atoms. The molecule has 0 N–H and O–H groups in total. The van der Waals surface area contributed by atoms with Gasteiger partial charge in [-0.3, -0.25) is 0 Å². The molecule has 3 rings (SSSR count). The van der Waals surface area contributed by atoms with Crippen LogP contribution in [0.15, 0.2) is 45.3 Å². The number of halogens is 3. The molecule has 1 aromatic heterocycles. The van der Waals surface area contributed by atoms with Crippen molar-refractivity contribution in [2.45, 2.75) is 0 Å². The highest BCUT2D eigenvalue weighted by atomic mass is 79.9. The predicted molar refractivity (Wildman–Crippen MR) is 80.4 cm³/mol. The van der Waals surface area contributed by atoms with Gasteiger partial charge in [0.2, 0.25) is 16.3 Å².